The monoisotopic (exact) mass is 497 g/mol. The van der Waals surface area contributed by atoms with Crippen LogP contribution >= 0.6 is 23.2 Å². The number of aliphatic hydroxyl groups excluding tert-OH is 1. The second kappa shape index (κ2) is 10.4. The number of esters is 1. The van der Waals surface area contributed by atoms with Crippen molar-refractivity contribution in [2.45, 2.75) is 13.3 Å². The van der Waals surface area contributed by atoms with E-state index in [2.05, 4.69) is 0 Å². The van der Waals surface area contributed by atoms with E-state index in [1.165, 1.54) is 12.1 Å². The van der Waals surface area contributed by atoms with Crippen LogP contribution in [0.4, 0.5) is 4.39 Å². The summed E-state index contributed by atoms with van der Waals surface area (Å²) >= 11 is 12.5. The lowest BCUT2D eigenvalue weighted by atomic mass is 10.1. The van der Waals surface area contributed by atoms with Crippen molar-refractivity contribution in [3.63, 3.8) is 0 Å². The smallest absolute Gasteiger partial charge is 0.340 e. The lowest BCUT2D eigenvalue weighted by Gasteiger charge is -2.19. The molecule has 0 aliphatic carbocycles. The quantitative estimate of drug-likeness (QED) is 0.280. The van der Waals surface area contributed by atoms with Gasteiger partial charge in [0.05, 0.1) is 34.3 Å². The lowest BCUT2D eigenvalue weighted by molar-refractivity contribution is 0.0527. The molecule has 0 aliphatic rings. The molecule has 4 rings (SSSR count). The molecule has 1 heterocycles. The highest BCUT2D eigenvalue weighted by atomic mass is 35.5. The number of carbonyl (C=O) groups is 1. The Morgan fingerprint density at radius 2 is 1.76 bits per heavy atom. The zero-order chi connectivity index (χ0) is 24.2. The van der Waals surface area contributed by atoms with Crippen LogP contribution in [0.2, 0.25) is 10.0 Å². The summed E-state index contributed by atoms with van der Waals surface area (Å²) in [6.45, 7) is 1.86. The molecule has 4 aromatic rings. The van der Waals surface area contributed by atoms with E-state index in [9.17, 15) is 14.3 Å². The first kappa shape index (κ1) is 24.0. The van der Waals surface area contributed by atoms with Crippen LogP contribution in [0.3, 0.4) is 0 Å². The third kappa shape index (κ3) is 4.73. The van der Waals surface area contributed by atoms with Crippen molar-refractivity contribution in [3.05, 3.63) is 99.8 Å². The van der Waals surface area contributed by atoms with Gasteiger partial charge in [-0.1, -0.05) is 59.6 Å². The maximum atomic E-state index is 14.0. The van der Waals surface area contributed by atoms with Gasteiger partial charge in [0.15, 0.2) is 0 Å². The van der Waals surface area contributed by atoms with Crippen molar-refractivity contribution < 1.29 is 19.0 Å². The zero-order valence-electron chi connectivity index (χ0n) is 18.4. The summed E-state index contributed by atoms with van der Waals surface area (Å²) in [5.74, 6) is -1.08. The molecule has 34 heavy (non-hydrogen) atoms. The van der Waals surface area contributed by atoms with Gasteiger partial charge in [0.25, 0.3) is 0 Å². The minimum Gasteiger partial charge on any atom is -0.462 e. The van der Waals surface area contributed by atoms with E-state index in [1.54, 1.807) is 31.2 Å². The van der Waals surface area contributed by atoms with Crippen LogP contribution < -0.4 is 0 Å². The van der Waals surface area contributed by atoms with Gasteiger partial charge < -0.3 is 14.4 Å². The Morgan fingerprint density at radius 3 is 2.44 bits per heavy atom. The van der Waals surface area contributed by atoms with Gasteiger partial charge in [-0.05, 0) is 60.9 Å². The Labute approximate surface area is 207 Å². The highest BCUT2D eigenvalue weighted by Crippen LogP contribution is 2.39. The SMILES string of the molecule is CCOC(=O)c1cc(-c2ccccc2)n(-c2cc(Cl)ccc2CCO)c1-c1ccc(F)c(Cl)c1. The Balaban J connectivity index is 2.14. The number of halogens is 3. The second-order valence-corrected chi connectivity index (χ2v) is 8.43. The fourth-order valence-corrected chi connectivity index (χ4v) is 4.30. The van der Waals surface area contributed by atoms with Crippen molar-refractivity contribution in [3.8, 4) is 28.2 Å². The van der Waals surface area contributed by atoms with E-state index in [-0.39, 0.29) is 18.2 Å². The molecule has 7 heteroatoms. The van der Waals surface area contributed by atoms with Gasteiger partial charge in [-0.15, -0.1) is 0 Å². The van der Waals surface area contributed by atoms with Crippen LogP contribution in [-0.2, 0) is 11.2 Å². The fourth-order valence-electron chi connectivity index (χ4n) is 3.95. The number of rotatable bonds is 7. The molecule has 0 atom stereocenters. The van der Waals surface area contributed by atoms with Crippen molar-refractivity contribution in [2.75, 3.05) is 13.2 Å². The van der Waals surface area contributed by atoms with Gasteiger partial charge in [0, 0.05) is 17.2 Å². The predicted molar refractivity (Wildman–Crippen MR) is 133 cm³/mol. The molecule has 0 spiro atoms. The first-order valence-corrected chi connectivity index (χ1v) is 11.5. The van der Waals surface area contributed by atoms with Crippen LogP contribution in [-0.4, -0.2) is 28.9 Å². The van der Waals surface area contributed by atoms with Gasteiger partial charge in [0.2, 0.25) is 0 Å². The molecular weight excluding hydrogens is 476 g/mol. The predicted octanol–water partition coefficient (Wildman–Crippen LogP) is 6.97. The Kier molecular flexibility index (Phi) is 7.37. The molecule has 174 valence electrons. The molecule has 0 amide bonds. The molecule has 0 radical (unpaired) electrons. The molecule has 3 aromatic carbocycles. The molecular formula is C27H22Cl2FNO3. The number of aliphatic hydroxyl groups is 1. The van der Waals surface area contributed by atoms with Gasteiger partial charge in [-0.2, -0.15) is 0 Å². The summed E-state index contributed by atoms with van der Waals surface area (Å²) in [5, 5.41) is 10.1. The zero-order valence-corrected chi connectivity index (χ0v) is 19.9. The fraction of sp³-hybridized carbons (Fsp3) is 0.148. The number of carbonyl (C=O) groups excluding carboxylic acids is 1. The third-order valence-corrected chi connectivity index (χ3v) is 5.95. The molecule has 0 unspecified atom stereocenters. The summed E-state index contributed by atoms with van der Waals surface area (Å²) in [5.41, 5.74) is 4.39. The molecule has 0 aliphatic heterocycles. The van der Waals surface area contributed by atoms with Gasteiger partial charge >= 0.3 is 5.97 Å². The highest BCUT2D eigenvalue weighted by molar-refractivity contribution is 6.31. The molecule has 4 nitrogen and oxygen atoms in total. The van der Waals surface area contributed by atoms with Crippen molar-refractivity contribution >= 4 is 29.2 Å². The topological polar surface area (TPSA) is 51.5 Å². The van der Waals surface area contributed by atoms with E-state index in [0.29, 0.717) is 39.6 Å². The molecule has 0 saturated carbocycles. The molecule has 0 fully saturated rings. The van der Waals surface area contributed by atoms with Crippen LogP contribution in [0.15, 0.2) is 72.8 Å². The Hall–Kier alpha value is -3.12. The van der Waals surface area contributed by atoms with Crippen molar-refractivity contribution in [1.29, 1.82) is 0 Å². The second-order valence-electron chi connectivity index (χ2n) is 7.59. The average molecular weight is 498 g/mol. The summed E-state index contributed by atoms with van der Waals surface area (Å²) < 4.78 is 21.3. The van der Waals surface area contributed by atoms with Crippen LogP contribution in [0.25, 0.3) is 28.2 Å². The maximum Gasteiger partial charge on any atom is 0.340 e. The lowest BCUT2D eigenvalue weighted by Crippen LogP contribution is -2.09. The van der Waals surface area contributed by atoms with E-state index >= 15 is 0 Å². The molecule has 1 N–H and O–H groups in total. The van der Waals surface area contributed by atoms with Gasteiger partial charge in [-0.25, -0.2) is 9.18 Å². The van der Waals surface area contributed by atoms with Crippen molar-refractivity contribution in [1.82, 2.24) is 4.57 Å². The normalized spacial score (nSPS) is 11.0. The number of hydrogen-bond donors (Lipinski definition) is 1. The van der Waals surface area contributed by atoms with Gasteiger partial charge in [0.1, 0.15) is 5.82 Å². The number of ether oxygens (including phenoxy) is 1. The molecule has 1 aromatic heterocycles. The minimum atomic E-state index is -0.562. The summed E-state index contributed by atoms with van der Waals surface area (Å²) in [7, 11) is 0. The standard InChI is InChI=1S/C27H22Cl2FNO3/c1-2-34-27(33)21-16-25(17-6-4-3-5-7-17)31(24-15-20(28)10-8-18(24)12-13-32)26(21)19-9-11-23(30)22(29)14-19/h3-11,14-16,32H,2,12-13H2,1H3. The third-order valence-electron chi connectivity index (χ3n) is 5.43. The highest BCUT2D eigenvalue weighted by Gasteiger charge is 2.26. The summed E-state index contributed by atoms with van der Waals surface area (Å²) in [6.07, 6.45) is 0.372. The largest absolute Gasteiger partial charge is 0.462 e. The van der Waals surface area contributed by atoms with Crippen LogP contribution in [0.5, 0.6) is 0 Å². The average Bonchev–Trinajstić information content (AvgIpc) is 3.23. The van der Waals surface area contributed by atoms with Crippen molar-refractivity contribution in [2.24, 2.45) is 0 Å². The number of aromatic nitrogens is 1. The number of nitrogens with zero attached hydrogens (tertiary/aromatic N) is 1. The number of benzene rings is 3. The van der Waals surface area contributed by atoms with E-state index in [1.807, 2.05) is 41.0 Å². The Morgan fingerprint density at radius 1 is 1.00 bits per heavy atom. The molecule has 0 bridgehead atoms. The van der Waals surface area contributed by atoms with Gasteiger partial charge in [-0.3, -0.25) is 0 Å². The first-order chi connectivity index (χ1) is 16.4. The first-order valence-electron chi connectivity index (χ1n) is 10.8. The Bertz CT molecular complexity index is 1340. The van der Waals surface area contributed by atoms with Crippen LogP contribution in [0.1, 0.15) is 22.8 Å². The molecule has 0 saturated heterocycles. The minimum absolute atomic E-state index is 0.0667. The van der Waals surface area contributed by atoms with E-state index in [0.717, 1.165) is 11.1 Å². The maximum absolute atomic E-state index is 14.0. The summed E-state index contributed by atoms with van der Waals surface area (Å²) in [6, 6.07) is 21.0. The summed E-state index contributed by atoms with van der Waals surface area (Å²) in [4.78, 5) is 13.1. The number of hydrogen-bond acceptors (Lipinski definition) is 3. The van der Waals surface area contributed by atoms with E-state index < -0.39 is 11.8 Å². The van der Waals surface area contributed by atoms with E-state index in [4.69, 9.17) is 27.9 Å². The van der Waals surface area contributed by atoms with Crippen LogP contribution in [0, 0.1) is 5.82 Å².